The molecule has 2 aromatic carbocycles. The molecule has 0 unspecified atom stereocenters. The molecule has 31 heavy (non-hydrogen) atoms. The van der Waals surface area contributed by atoms with E-state index in [1.54, 1.807) is 0 Å². The van der Waals surface area contributed by atoms with Crippen LogP contribution in [0.1, 0.15) is 57.1 Å². The van der Waals surface area contributed by atoms with E-state index < -0.39 is 10.0 Å². The van der Waals surface area contributed by atoms with Crippen LogP contribution < -0.4 is 19.5 Å². The molecule has 0 atom stereocenters. The topological polar surface area (TPSA) is 93.7 Å². The van der Waals surface area contributed by atoms with Crippen LogP contribution >= 0.6 is 0 Å². The van der Waals surface area contributed by atoms with Crippen molar-refractivity contribution in [2.75, 3.05) is 26.1 Å². The van der Waals surface area contributed by atoms with E-state index in [1.165, 1.54) is 32.4 Å². The van der Waals surface area contributed by atoms with Gasteiger partial charge in [0.15, 0.2) is 11.5 Å². The molecule has 2 N–H and O–H groups in total. The highest BCUT2D eigenvalue weighted by molar-refractivity contribution is 7.89. The second kappa shape index (κ2) is 10.6. The molecule has 0 aliphatic carbocycles. The SMILES string of the molecule is COc1ccc(S(=O)(=O)NCCC(=O)Nc2c(C(C)C)cccc2C(C)C)cc1OC. The zero-order valence-corrected chi connectivity index (χ0v) is 19.8. The minimum absolute atomic E-state index is 0.0104. The molecule has 0 bridgehead atoms. The maximum Gasteiger partial charge on any atom is 0.240 e. The third-order valence-corrected chi connectivity index (χ3v) is 6.41. The Morgan fingerprint density at radius 3 is 2.03 bits per heavy atom. The number of sulfonamides is 1. The van der Waals surface area contributed by atoms with E-state index in [-0.39, 0.29) is 35.6 Å². The van der Waals surface area contributed by atoms with Gasteiger partial charge in [-0.25, -0.2) is 13.1 Å². The lowest BCUT2D eigenvalue weighted by atomic mass is 9.92. The van der Waals surface area contributed by atoms with Crippen LogP contribution in [0.25, 0.3) is 0 Å². The van der Waals surface area contributed by atoms with E-state index in [9.17, 15) is 13.2 Å². The van der Waals surface area contributed by atoms with Crippen molar-refractivity contribution in [1.29, 1.82) is 0 Å². The van der Waals surface area contributed by atoms with Crippen molar-refractivity contribution in [2.24, 2.45) is 0 Å². The molecule has 0 spiro atoms. The second-order valence-electron chi connectivity index (χ2n) is 7.83. The van der Waals surface area contributed by atoms with Gasteiger partial charge in [0, 0.05) is 24.7 Å². The Balaban J connectivity index is 2.08. The highest BCUT2D eigenvalue weighted by Crippen LogP contribution is 2.32. The van der Waals surface area contributed by atoms with Gasteiger partial charge >= 0.3 is 0 Å². The zero-order chi connectivity index (χ0) is 23.2. The molecule has 0 aliphatic rings. The van der Waals surface area contributed by atoms with Crippen LogP contribution in [0.3, 0.4) is 0 Å². The average molecular weight is 449 g/mol. The summed E-state index contributed by atoms with van der Waals surface area (Å²) in [7, 11) is -0.881. The van der Waals surface area contributed by atoms with E-state index in [2.05, 4.69) is 37.7 Å². The van der Waals surface area contributed by atoms with Crippen LogP contribution in [0.5, 0.6) is 11.5 Å². The number of methoxy groups -OCH3 is 2. The summed E-state index contributed by atoms with van der Waals surface area (Å²) in [6, 6.07) is 10.3. The van der Waals surface area contributed by atoms with E-state index in [1.807, 2.05) is 18.2 Å². The molecule has 0 saturated heterocycles. The normalized spacial score (nSPS) is 11.6. The Morgan fingerprint density at radius 2 is 1.52 bits per heavy atom. The number of ether oxygens (including phenoxy) is 2. The number of amides is 1. The fourth-order valence-electron chi connectivity index (χ4n) is 3.26. The van der Waals surface area contributed by atoms with Gasteiger partial charge in [-0.15, -0.1) is 0 Å². The van der Waals surface area contributed by atoms with Gasteiger partial charge in [0.25, 0.3) is 0 Å². The number of carbonyl (C=O) groups is 1. The summed E-state index contributed by atoms with van der Waals surface area (Å²) in [4.78, 5) is 12.6. The highest BCUT2D eigenvalue weighted by atomic mass is 32.2. The van der Waals surface area contributed by atoms with E-state index in [0.717, 1.165) is 16.8 Å². The Bertz CT molecular complexity index is 990. The first-order valence-electron chi connectivity index (χ1n) is 10.2. The molecule has 0 saturated carbocycles. The summed E-state index contributed by atoms with van der Waals surface area (Å²) in [5.41, 5.74) is 2.94. The van der Waals surface area contributed by atoms with Gasteiger partial charge in [0.05, 0.1) is 19.1 Å². The second-order valence-corrected chi connectivity index (χ2v) is 9.60. The van der Waals surface area contributed by atoms with Crippen molar-refractivity contribution in [3.8, 4) is 11.5 Å². The van der Waals surface area contributed by atoms with Crippen LogP contribution in [-0.2, 0) is 14.8 Å². The maximum absolute atomic E-state index is 12.6. The number of anilines is 1. The maximum atomic E-state index is 12.6. The summed E-state index contributed by atoms with van der Waals surface area (Å²) in [6.45, 7) is 8.28. The van der Waals surface area contributed by atoms with Crippen molar-refractivity contribution < 1.29 is 22.7 Å². The Hall–Kier alpha value is -2.58. The fourth-order valence-corrected chi connectivity index (χ4v) is 4.31. The van der Waals surface area contributed by atoms with Gasteiger partial charge in [-0.1, -0.05) is 45.9 Å². The lowest BCUT2D eigenvalue weighted by molar-refractivity contribution is -0.116. The quantitative estimate of drug-likeness (QED) is 0.566. The van der Waals surface area contributed by atoms with Crippen LogP contribution in [0.2, 0.25) is 0 Å². The minimum atomic E-state index is -3.80. The summed E-state index contributed by atoms with van der Waals surface area (Å²) >= 11 is 0. The summed E-state index contributed by atoms with van der Waals surface area (Å²) in [6.07, 6.45) is 0.0104. The Kier molecular flexibility index (Phi) is 8.47. The molecule has 2 rings (SSSR count). The molecule has 0 aromatic heterocycles. The van der Waals surface area contributed by atoms with E-state index in [4.69, 9.17) is 9.47 Å². The third kappa shape index (κ3) is 6.21. The predicted molar refractivity (Wildman–Crippen MR) is 123 cm³/mol. The van der Waals surface area contributed by atoms with Gasteiger partial charge in [0.2, 0.25) is 15.9 Å². The molecular weight excluding hydrogens is 416 g/mol. The first-order chi connectivity index (χ1) is 14.6. The van der Waals surface area contributed by atoms with Crippen molar-refractivity contribution in [2.45, 2.75) is 50.8 Å². The Labute approximate surface area is 185 Å². The lowest BCUT2D eigenvalue weighted by Crippen LogP contribution is -2.28. The molecule has 7 nitrogen and oxygen atoms in total. The molecule has 2 aromatic rings. The molecule has 0 radical (unpaired) electrons. The first-order valence-corrected chi connectivity index (χ1v) is 11.7. The molecule has 0 aliphatic heterocycles. The minimum Gasteiger partial charge on any atom is -0.493 e. The fraction of sp³-hybridized carbons (Fsp3) is 0.435. The van der Waals surface area contributed by atoms with Gasteiger partial charge in [-0.3, -0.25) is 4.79 Å². The number of nitrogens with one attached hydrogen (secondary N) is 2. The van der Waals surface area contributed by atoms with Gasteiger partial charge in [0.1, 0.15) is 0 Å². The summed E-state index contributed by atoms with van der Waals surface area (Å²) < 4.78 is 37.9. The van der Waals surface area contributed by atoms with Crippen LogP contribution in [0.4, 0.5) is 5.69 Å². The predicted octanol–water partition coefficient (Wildman–Crippen LogP) is 4.26. The number of carbonyl (C=O) groups excluding carboxylic acids is 1. The van der Waals surface area contributed by atoms with Gasteiger partial charge in [-0.2, -0.15) is 0 Å². The summed E-state index contributed by atoms with van der Waals surface area (Å²) in [5.74, 6) is 1.00. The average Bonchev–Trinajstić information content (AvgIpc) is 2.72. The number of para-hydroxylation sites is 1. The lowest BCUT2D eigenvalue weighted by Gasteiger charge is -2.20. The van der Waals surface area contributed by atoms with Crippen molar-refractivity contribution >= 4 is 21.6 Å². The van der Waals surface area contributed by atoms with Gasteiger partial charge < -0.3 is 14.8 Å². The largest absolute Gasteiger partial charge is 0.493 e. The van der Waals surface area contributed by atoms with Crippen molar-refractivity contribution in [3.63, 3.8) is 0 Å². The van der Waals surface area contributed by atoms with Crippen LogP contribution in [0.15, 0.2) is 41.3 Å². The van der Waals surface area contributed by atoms with Crippen LogP contribution in [0, 0.1) is 0 Å². The first kappa shape index (κ1) is 24.7. The van der Waals surface area contributed by atoms with Crippen molar-refractivity contribution in [3.05, 3.63) is 47.5 Å². The van der Waals surface area contributed by atoms with E-state index >= 15 is 0 Å². The number of rotatable bonds is 10. The van der Waals surface area contributed by atoms with Gasteiger partial charge in [-0.05, 0) is 35.1 Å². The molecule has 1 amide bonds. The van der Waals surface area contributed by atoms with Crippen LogP contribution in [-0.4, -0.2) is 35.1 Å². The molecule has 0 heterocycles. The molecule has 8 heteroatoms. The summed E-state index contributed by atoms with van der Waals surface area (Å²) in [5, 5.41) is 2.99. The van der Waals surface area contributed by atoms with E-state index in [0.29, 0.717) is 11.5 Å². The number of hydrogen-bond acceptors (Lipinski definition) is 5. The zero-order valence-electron chi connectivity index (χ0n) is 19.0. The van der Waals surface area contributed by atoms with Crippen molar-refractivity contribution in [1.82, 2.24) is 4.72 Å². The number of hydrogen-bond donors (Lipinski definition) is 2. The number of benzene rings is 2. The standard InChI is InChI=1S/C23H32N2O5S/c1-15(2)18-8-7-9-19(16(3)4)23(18)25-22(26)12-13-24-31(27,28)17-10-11-20(29-5)21(14-17)30-6/h7-11,14-16,24H,12-13H2,1-6H3,(H,25,26). The Morgan fingerprint density at radius 1 is 0.935 bits per heavy atom. The molecule has 0 fully saturated rings. The monoisotopic (exact) mass is 448 g/mol. The highest BCUT2D eigenvalue weighted by Gasteiger charge is 2.19. The molecular formula is C23H32N2O5S. The molecule has 170 valence electrons. The smallest absolute Gasteiger partial charge is 0.240 e. The third-order valence-electron chi connectivity index (χ3n) is 4.95.